The molecule has 1 aliphatic rings. The average molecular weight is 629 g/mol. The number of halogens is 3. The number of carboxylic acids is 1. The van der Waals surface area contributed by atoms with Crippen molar-refractivity contribution >= 4 is 28.6 Å². The fraction of sp³-hybridized carbons (Fsp3) is 0.235. The topological polar surface area (TPSA) is 110 Å². The Morgan fingerprint density at radius 1 is 1.11 bits per heavy atom. The highest BCUT2D eigenvalue weighted by Crippen LogP contribution is 2.40. The van der Waals surface area contributed by atoms with Crippen LogP contribution in [0.4, 0.5) is 8.78 Å². The molecule has 1 N–H and O–H groups in total. The molecule has 0 aliphatic carbocycles. The largest absolute Gasteiger partial charge is 0.478 e. The summed E-state index contributed by atoms with van der Waals surface area (Å²) in [5, 5.41) is 19.0. The van der Waals surface area contributed by atoms with E-state index >= 15 is 8.78 Å². The van der Waals surface area contributed by atoms with Gasteiger partial charge in [-0.2, -0.15) is 5.26 Å². The summed E-state index contributed by atoms with van der Waals surface area (Å²) in [5.41, 5.74) is 2.24. The third-order valence-electron chi connectivity index (χ3n) is 8.01. The van der Waals surface area contributed by atoms with Gasteiger partial charge < -0.3 is 19.1 Å². The minimum atomic E-state index is -1.07. The van der Waals surface area contributed by atoms with E-state index in [2.05, 4.69) is 4.98 Å². The molecule has 0 unspecified atom stereocenters. The maximum atomic E-state index is 15.7. The van der Waals surface area contributed by atoms with Crippen molar-refractivity contribution < 1.29 is 28.2 Å². The molecule has 3 aromatic carbocycles. The van der Waals surface area contributed by atoms with Crippen LogP contribution in [0.3, 0.4) is 0 Å². The monoisotopic (exact) mass is 628 g/mol. The predicted octanol–water partition coefficient (Wildman–Crippen LogP) is 7.37. The Bertz CT molecular complexity index is 2000. The van der Waals surface area contributed by atoms with Crippen LogP contribution < -0.4 is 4.74 Å². The molecule has 2 aromatic heterocycles. The summed E-state index contributed by atoms with van der Waals surface area (Å²) in [5.74, 6) is -1.73. The van der Waals surface area contributed by atoms with E-state index in [1.807, 2.05) is 24.5 Å². The first-order valence-corrected chi connectivity index (χ1v) is 14.5. The lowest BCUT2D eigenvalue weighted by atomic mass is 9.87. The maximum absolute atomic E-state index is 15.7. The molecular formula is C34H27ClF2N4O4. The van der Waals surface area contributed by atoms with E-state index in [1.54, 1.807) is 42.5 Å². The Hall–Kier alpha value is -4.85. The number of carboxylic acid groups (broad SMARTS) is 1. The molecule has 8 nitrogen and oxygen atoms in total. The summed E-state index contributed by atoms with van der Waals surface area (Å²) in [6.07, 6.45) is -0.0331. The zero-order valence-electron chi connectivity index (χ0n) is 24.4. The lowest BCUT2D eigenvalue weighted by Crippen LogP contribution is -2.27. The summed E-state index contributed by atoms with van der Waals surface area (Å²) in [6.45, 7) is 5.01. The fourth-order valence-electron chi connectivity index (χ4n) is 5.55. The molecule has 1 atom stereocenters. The minimum absolute atomic E-state index is 0.0331. The molecule has 0 saturated carbocycles. The Morgan fingerprint density at radius 3 is 2.64 bits per heavy atom. The number of imidazole rings is 1. The highest BCUT2D eigenvalue weighted by Gasteiger charge is 2.39. The number of nitriles is 1. The normalized spacial score (nSPS) is 15.7. The van der Waals surface area contributed by atoms with Crippen molar-refractivity contribution in [1.29, 1.82) is 5.26 Å². The van der Waals surface area contributed by atoms with Gasteiger partial charge in [0.2, 0.25) is 5.88 Å². The molecule has 1 fully saturated rings. The Kier molecular flexibility index (Phi) is 7.99. The number of aromatic nitrogens is 3. The van der Waals surface area contributed by atoms with Crippen molar-refractivity contribution in [1.82, 2.24) is 14.5 Å². The Morgan fingerprint density at radius 2 is 1.93 bits per heavy atom. The van der Waals surface area contributed by atoms with Gasteiger partial charge in [0.25, 0.3) is 0 Å². The number of ether oxygens (including phenoxy) is 2. The van der Waals surface area contributed by atoms with E-state index in [0.717, 1.165) is 12.1 Å². The summed E-state index contributed by atoms with van der Waals surface area (Å²) in [6, 6.07) is 18.3. The van der Waals surface area contributed by atoms with Crippen molar-refractivity contribution in [3.8, 4) is 23.2 Å². The fourth-order valence-corrected chi connectivity index (χ4v) is 5.78. The molecule has 0 amide bonds. The van der Waals surface area contributed by atoms with Gasteiger partial charge in [0.1, 0.15) is 24.1 Å². The van der Waals surface area contributed by atoms with Crippen molar-refractivity contribution in [2.75, 3.05) is 13.2 Å². The van der Waals surface area contributed by atoms with Crippen LogP contribution >= 0.6 is 11.6 Å². The number of hydrogen-bond acceptors (Lipinski definition) is 6. The number of rotatable bonds is 8. The molecule has 228 valence electrons. The molecule has 11 heteroatoms. The lowest BCUT2D eigenvalue weighted by Gasteiger charge is -2.28. The second kappa shape index (κ2) is 11.9. The van der Waals surface area contributed by atoms with Gasteiger partial charge in [-0.15, -0.1) is 0 Å². The molecule has 1 saturated heterocycles. The van der Waals surface area contributed by atoms with Gasteiger partial charge in [0.15, 0.2) is 0 Å². The summed E-state index contributed by atoms with van der Waals surface area (Å²) in [7, 11) is 0. The van der Waals surface area contributed by atoms with Gasteiger partial charge in [0, 0.05) is 34.1 Å². The molecule has 0 bridgehead atoms. The number of nitrogens with zero attached hydrogens (tertiary/aromatic N) is 4. The zero-order chi connectivity index (χ0) is 31.9. The zero-order valence-corrected chi connectivity index (χ0v) is 25.1. The van der Waals surface area contributed by atoms with Crippen molar-refractivity contribution in [2.45, 2.75) is 32.9 Å². The van der Waals surface area contributed by atoms with Gasteiger partial charge >= 0.3 is 5.97 Å². The minimum Gasteiger partial charge on any atom is -0.478 e. The number of hydrogen-bond donors (Lipinski definition) is 1. The van der Waals surface area contributed by atoms with Crippen LogP contribution in [0.1, 0.15) is 52.8 Å². The van der Waals surface area contributed by atoms with Crippen LogP contribution in [0.25, 0.3) is 22.3 Å². The van der Waals surface area contributed by atoms with Crippen LogP contribution in [0, 0.1) is 28.4 Å². The van der Waals surface area contributed by atoms with Crippen LogP contribution in [0.2, 0.25) is 5.02 Å². The second-order valence-electron chi connectivity index (χ2n) is 11.6. The van der Waals surface area contributed by atoms with Crippen LogP contribution in [-0.4, -0.2) is 38.8 Å². The quantitative estimate of drug-likeness (QED) is 0.191. The summed E-state index contributed by atoms with van der Waals surface area (Å²) >= 11 is 6.24. The summed E-state index contributed by atoms with van der Waals surface area (Å²) in [4.78, 5) is 20.8. The number of fused-ring (bicyclic) bond motifs is 1. The standard InChI is InChI=1S/C34H27ClF2N4O4/c1-34(2)18-44-17-30(34)41-29-12-20(33(42)43)8-9-28(29)39-31(41)13-22-11-26(37)23(14-25(22)36)27-4-3-5-32(40-27)45-16-21-7-6-19(15-38)10-24(21)35/h3-12,14,30H,13,16-18H2,1-2H3,(H,42,43)/t30-/m1/s1. The van der Waals surface area contributed by atoms with Crippen molar-refractivity contribution in [2.24, 2.45) is 5.41 Å². The highest BCUT2D eigenvalue weighted by atomic mass is 35.5. The first kappa shape index (κ1) is 30.2. The van der Waals surface area contributed by atoms with E-state index < -0.39 is 17.6 Å². The van der Waals surface area contributed by atoms with Gasteiger partial charge in [-0.3, -0.25) is 0 Å². The molecule has 0 spiro atoms. The van der Waals surface area contributed by atoms with Gasteiger partial charge in [-0.25, -0.2) is 23.5 Å². The van der Waals surface area contributed by atoms with E-state index in [-0.39, 0.29) is 52.7 Å². The van der Waals surface area contributed by atoms with E-state index in [9.17, 15) is 9.90 Å². The molecule has 0 radical (unpaired) electrons. The summed E-state index contributed by atoms with van der Waals surface area (Å²) < 4.78 is 44.7. The smallest absolute Gasteiger partial charge is 0.335 e. The van der Waals surface area contributed by atoms with Gasteiger partial charge in [0.05, 0.1) is 53.2 Å². The second-order valence-corrected chi connectivity index (χ2v) is 12.0. The van der Waals surface area contributed by atoms with Gasteiger partial charge in [-0.05, 0) is 54.1 Å². The predicted molar refractivity (Wildman–Crippen MR) is 163 cm³/mol. The average Bonchev–Trinajstić information content (AvgIpc) is 3.55. The first-order valence-electron chi connectivity index (χ1n) is 14.1. The molecule has 45 heavy (non-hydrogen) atoms. The van der Waals surface area contributed by atoms with Crippen LogP contribution in [0.15, 0.2) is 66.7 Å². The number of carbonyl (C=O) groups is 1. The van der Waals surface area contributed by atoms with E-state index in [0.29, 0.717) is 46.2 Å². The molecule has 3 heterocycles. The highest BCUT2D eigenvalue weighted by molar-refractivity contribution is 6.31. The van der Waals surface area contributed by atoms with Gasteiger partial charge in [-0.1, -0.05) is 37.6 Å². The van der Waals surface area contributed by atoms with Crippen LogP contribution in [-0.2, 0) is 17.8 Å². The number of aromatic carboxylic acids is 1. The van der Waals surface area contributed by atoms with E-state index in [4.69, 9.17) is 31.3 Å². The lowest BCUT2D eigenvalue weighted by molar-refractivity contribution is 0.0697. The Labute approximate surface area is 262 Å². The van der Waals surface area contributed by atoms with E-state index in [1.165, 1.54) is 12.1 Å². The Balaban J connectivity index is 1.30. The first-order chi connectivity index (χ1) is 21.5. The maximum Gasteiger partial charge on any atom is 0.335 e. The third kappa shape index (κ3) is 5.97. The molecule has 6 rings (SSSR count). The number of pyridine rings is 1. The number of benzene rings is 3. The third-order valence-corrected chi connectivity index (χ3v) is 8.37. The molecular weight excluding hydrogens is 602 g/mol. The van der Waals surface area contributed by atoms with Crippen molar-refractivity contribution in [3.63, 3.8) is 0 Å². The molecule has 5 aromatic rings. The van der Waals surface area contributed by atoms with Crippen LogP contribution in [0.5, 0.6) is 5.88 Å². The SMILES string of the molecule is CC1(C)COC[C@H]1n1c(Cc2cc(F)c(-c3cccc(OCc4ccc(C#N)cc4Cl)n3)cc2F)nc2ccc(C(=O)O)cc21. The molecule has 1 aliphatic heterocycles. The van der Waals surface area contributed by atoms with Crippen molar-refractivity contribution in [3.05, 3.63) is 111 Å².